The third kappa shape index (κ3) is 4.63. The quantitative estimate of drug-likeness (QED) is 0.377. The number of carbonyl (C=O) groups is 2. The Kier molecular flexibility index (Phi) is 6.14. The van der Waals surface area contributed by atoms with Crippen molar-refractivity contribution in [2.75, 3.05) is 7.11 Å². The standard InChI is InChI=1S/C23H23F2N5O5/c1-23(2,3)21(32)34-11-30-10-14(20(31)33-5)18-19(30)26-9-15(27-18)17-13-8-12(35-22(24)25)6-7-16(13)29(4)28-17/h6-10,22H,11H2,1-5H3. The first-order valence-corrected chi connectivity index (χ1v) is 10.5. The third-order valence-electron chi connectivity index (χ3n) is 5.21. The Hall–Kier alpha value is -4.09. The van der Waals surface area contributed by atoms with Gasteiger partial charge in [0, 0.05) is 18.6 Å². The number of hydrogen-bond acceptors (Lipinski definition) is 8. The van der Waals surface area contributed by atoms with Crippen LogP contribution in [0.15, 0.2) is 30.6 Å². The Morgan fingerprint density at radius 1 is 1.20 bits per heavy atom. The number of rotatable bonds is 6. The number of aryl methyl sites for hydroxylation is 1. The van der Waals surface area contributed by atoms with Gasteiger partial charge in [0.1, 0.15) is 28.2 Å². The van der Waals surface area contributed by atoms with Crippen LogP contribution in [0.4, 0.5) is 8.78 Å². The van der Waals surface area contributed by atoms with Crippen LogP contribution < -0.4 is 4.74 Å². The van der Waals surface area contributed by atoms with E-state index in [0.29, 0.717) is 22.3 Å². The Morgan fingerprint density at radius 3 is 2.60 bits per heavy atom. The zero-order chi connectivity index (χ0) is 25.5. The van der Waals surface area contributed by atoms with E-state index in [2.05, 4.69) is 19.8 Å². The largest absolute Gasteiger partial charge is 0.465 e. The van der Waals surface area contributed by atoms with Crippen LogP contribution in [0.2, 0.25) is 0 Å². The number of halogens is 2. The van der Waals surface area contributed by atoms with Crippen molar-refractivity contribution in [3.63, 3.8) is 0 Å². The summed E-state index contributed by atoms with van der Waals surface area (Å²) in [6.45, 7) is 2.02. The number of fused-ring (bicyclic) bond motifs is 2. The highest BCUT2D eigenvalue weighted by atomic mass is 19.3. The Balaban J connectivity index is 1.81. The normalized spacial score (nSPS) is 11.9. The molecule has 0 N–H and O–H groups in total. The number of alkyl halides is 2. The number of esters is 2. The van der Waals surface area contributed by atoms with Crippen molar-refractivity contribution in [3.05, 3.63) is 36.2 Å². The lowest BCUT2D eigenvalue weighted by atomic mass is 9.98. The fourth-order valence-corrected chi connectivity index (χ4v) is 3.48. The lowest BCUT2D eigenvalue weighted by molar-refractivity contribution is -0.156. The number of hydrogen-bond donors (Lipinski definition) is 0. The molecule has 1 aromatic carbocycles. The van der Waals surface area contributed by atoms with Gasteiger partial charge in [-0.05, 0) is 39.0 Å². The number of benzene rings is 1. The molecule has 35 heavy (non-hydrogen) atoms. The predicted octanol–water partition coefficient (Wildman–Crippen LogP) is 3.92. The van der Waals surface area contributed by atoms with Crippen LogP contribution >= 0.6 is 0 Å². The third-order valence-corrected chi connectivity index (χ3v) is 5.21. The van der Waals surface area contributed by atoms with E-state index in [-0.39, 0.29) is 29.2 Å². The molecule has 0 atom stereocenters. The zero-order valence-electron chi connectivity index (χ0n) is 19.7. The summed E-state index contributed by atoms with van der Waals surface area (Å²) in [5.41, 5.74) is 1.22. The maximum absolute atomic E-state index is 12.7. The highest BCUT2D eigenvalue weighted by Crippen LogP contribution is 2.31. The Labute approximate surface area is 198 Å². The summed E-state index contributed by atoms with van der Waals surface area (Å²) in [6.07, 6.45) is 2.88. The average Bonchev–Trinajstić information content (AvgIpc) is 3.33. The van der Waals surface area contributed by atoms with Crippen LogP contribution in [0.1, 0.15) is 31.1 Å². The number of nitrogens with zero attached hydrogens (tertiary/aromatic N) is 5. The molecule has 0 unspecified atom stereocenters. The van der Waals surface area contributed by atoms with Crippen LogP contribution in [0, 0.1) is 5.41 Å². The monoisotopic (exact) mass is 487 g/mol. The summed E-state index contributed by atoms with van der Waals surface area (Å²) in [5.74, 6) is -1.11. The molecule has 0 aliphatic rings. The first kappa shape index (κ1) is 24.0. The predicted molar refractivity (Wildman–Crippen MR) is 121 cm³/mol. The summed E-state index contributed by atoms with van der Waals surface area (Å²) in [5, 5.41) is 4.97. The molecular weight excluding hydrogens is 464 g/mol. The van der Waals surface area contributed by atoms with Crippen molar-refractivity contribution in [2.24, 2.45) is 12.5 Å². The topological polar surface area (TPSA) is 110 Å². The van der Waals surface area contributed by atoms with Gasteiger partial charge in [0.05, 0.1) is 24.2 Å². The van der Waals surface area contributed by atoms with Crippen LogP contribution in [0.3, 0.4) is 0 Å². The van der Waals surface area contributed by atoms with Gasteiger partial charge in [0.25, 0.3) is 0 Å². The number of methoxy groups -OCH3 is 1. The SMILES string of the molecule is COC(=O)c1cn(COC(=O)C(C)(C)C)c2ncc(-c3nn(C)c4ccc(OC(F)F)cc34)nc12. The smallest absolute Gasteiger partial charge is 0.387 e. The molecule has 0 bridgehead atoms. The van der Waals surface area contributed by atoms with Crippen LogP contribution in [-0.2, 0) is 28.0 Å². The minimum atomic E-state index is -2.97. The van der Waals surface area contributed by atoms with E-state index in [1.165, 1.54) is 36.2 Å². The van der Waals surface area contributed by atoms with E-state index < -0.39 is 24.0 Å². The first-order valence-electron chi connectivity index (χ1n) is 10.5. The molecule has 0 saturated heterocycles. The van der Waals surface area contributed by atoms with E-state index in [4.69, 9.17) is 9.47 Å². The van der Waals surface area contributed by atoms with E-state index in [9.17, 15) is 18.4 Å². The Morgan fingerprint density at radius 2 is 1.94 bits per heavy atom. The highest BCUT2D eigenvalue weighted by molar-refractivity contribution is 6.02. The minimum Gasteiger partial charge on any atom is -0.465 e. The Bertz CT molecular complexity index is 1440. The molecule has 3 aromatic heterocycles. The molecular formula is C23H23F2N5O5. The zero-order valence-corrected chi connectivity index (χ0v) is 19.7. The van der Waals surface area contributed by atoms with Crippen molar-refractivity contribution >= 4 is 34.0 Å². The molecule has 4 rings (SSSR count). The van der Waals surface area contributed by atoms with Gasteiger partial charge in [0.2, 0.25) is 0 Å². The summed E-state index contributed by atoms with van der Waals surface area (Å²) < 4.78 is 43.2. The van der Waals surface area contributed by atoms with Crippen LogP contribution in [0.5, 0.6) is 5.75 Å². The van der Waals surface area contributed by atoms with Gasteiger partial charge < -0.3 is 14.2 Å². The summed E-state index contributed by atoms with van der Waals surface area (Å²) in [6, 6.07) is 4.46. The second-order valence-electron chi connectivity index (χ2n) is 8.77. The van der Waals surface area contributed by atoms with Gasteiger partial charge in [0.15, 0.2) is 12.4 Å². The first-order chi connectivity index (χ1) is 16.5. The molecule has 10 nitrogen and oxygen atoms in total. The van der Waals surface area contributed by atoms with Gasteiger partial charge in [-0.1, -0.05) is 0 Å². The lowest BCUT2D eigenvalue weighted by Crippen LogP contribution is -2.24. The number of carbonyl (C=O) groups excluding carboxylic acids is 2. The van der Waals surface area contributed by atoms with Crippen molar-refractivity contribution in [1.29, 1.82) is 0 Å². The van der Waals surface area contributed by atoms with Gasteiger partial charge in [-0.3, -0.25) is 14.0 Å². The fraction of sp³-hybridized carbons (Fsp3) is 0.348. The molecule has 0 radical (unpaired) electrons. The molecule has 0 fully saturated rings. The van der Waals surface area contributed by atoms with Crippen molar-refractivity contribution in [2.45, 2.75) is 34.1 Å². The second-order valence-corrected chi connectivity index (χ2v) is 8.77. The molecule has 3 heterocycles. The number of ether oxygens (including phenoxy) is 3. The van der Waals surface area contributed by atoms with E-state index >= 15 is 0 Å². The highest BCUT2D eigenvalue weighted by Gasteiger charge is 2.25. The van der Waals surface area contributed by atoms with Gasteiger partial charge in [-0.15, -0.1) is 0 Å². The van der Waals surface area contributed by atoms with E-state index in [1.54, 1.807) is 38.6 Å². The molecule has 184 valence electrons. The summed E-state index contributed by atoms with van der Waals surface area (Å²) in [4.78, 5) is 33.6. The number of aromatic nitrogens is 5. The van der Waals surface area contributed by atoms with Crippen LogP contribution in [-0.4, -0.2) is 50.0 Å². The summed E-state index contributed by atoms with van der Waals surface area (Å²) >= 11 is 0. The second kappa shape index (κ2) is 8.93. The van der Waals surface area contributed by atoms with Crippen molar-refractivity contribution < 1.29 is 32.6 Å². The van der Waals surface area contributed by atoms with E-state index in [1.807, 2.05) is 0 Å². The molecule has 12 heteroatoms. The molecule has 0 aliphatic carbocycles. The van der Waals surface area contributed by atoms with Gasteiger partial charge in [-0.25, -0.2) is 14.8 Å². The minimum absolute atomic E-state index is 0.0298. The molecule has 0 amide bonds. The lowest BCUT2D eigenvalue weighted by Gasteiger charge is -2.16. The van der Waals surface area contributed by atoms with Crippen molar-refractivity contribution in [1.82, 2.24) is 24.3 Å². The van der Waals surface area contributed by atoms with Crippen molar-refractivity contribution in [3.8, 4) is 17.1 Å². The molecule has 4 aromatic rings. The van der Waals surface area contributed by atoms with E-state index in [0.717, 1.165) is 0 Å². The van der Waals surface area contributed by atoms with Gasteiger partial charge >= 0.3 is 18.6 Å². The molecule has 0 aliphatic heterocycles. The average molecular weight is 487 g/mol. The maximum atomic E-state index is 12.7. The van der Waals surface area contributed by atoms with Crippen LogP contribution in [0.25, 0.3) is 33.5 Å². The fourth-order valence-electron chi connectivity index (χ4n) is 3.48. The van der Waals surface area contributed by atoms with Gasteiger partial charge in [-0.2, -0.15) is 13.9 Å². The molecule has 0 spiro atoms. The molecule has 0 saturated carbocycles. The summed E-state index contributed by atoms with van der Waals surface area (Å²) in [7, 11) is 2.94. The maximum Gasteiger partial charge on any atom is 0.387 e.